The first-order valence-electron chi connectivity index (χ1n) is 9.00. The number of hydrogen-bond acceptors (Lipinski definition) is 2. The van der Waals surface area contributed by atoms with E-state index in [0.717, 1.165) is 12.0 Å². The van der Waals surface area contributed by atoms with Crippen LogP contribution >= 0.6 is 11.6 Å². The molecule has 4 rings (SSSR count). The van der Waals surface area contributed by atoms with Gasteiger partial charge in [-0.15, -0.1) is 0 Å². The molecule has 0 spiro atoms. The average Bonchev–Trinajstić information content (AvgIpc) is 3.25. The number of nitrogens with zero attached hydrogens (tertiary/aromatic N) is 1. The number of fused-ring (bicyclic) bond motifs is 2. The van der Waals surface area contributed by atoms with Crippen molar-refractivity contribution >= 4 is 21.6 Å². The van der Waals surface area contributed by atoms with Crippen LogP contribution in [0.25, 0.3) is 0 Å². The van der Waals surface area contributed by atoms with Crippen molar-refractivity contribution in [2.45, 2.75) is 24.3 Å². The Morgan fingerprint density at radius 3 is 2.31 bits per heavy atom. The number of sulfonamides is 1. The molecule has 0 radical (unpaired) electrons. The molecule has 1 saturated carbocycles. The predicted molar refractivity (Wildman–Crippen MR) is 104 cm³/mol. The van der Waals surface area contributed by atoms with Gasteiger partial charge < -0.3 is 0 Å². The van der Waals surface area contributed by atoms with Gasteiger partial charge in [0.1, 0.15) is 0 Å². The van der Waals surface area contributed by atoms with E-state index in [1.165, 1.54) is 6.42 Å². The third-order valence-electron chi connectivity index (χ3n) is 5.51. The highest BCUT2D eigenvalue weighted by Crippen LogP contribution is 2.44. The standard InChI is InChI=1S/C21H22ClNO2S/c22-20-8-10-21(11-9-20)26(24,25)23(14-16-4-2-1-3-5-16)15-19-13-17-6-7-18(19)12-17/h1-11,17-19H,12-15H2/t17-,18+,19+/m1/s1. The molecule has 2 aliphatic rings. The smallest absolute Gasteiger partial charge is 0.207 e. The summed E-state index contributed by atoms with van der Waals surface area (Å²) in [5.74, 6) is 1.54. The number of benzene rings is 2. The molecular weight excluding hydrogens is 366 g/mol. The highest BCUT2D eigenvalue weighted by molar-refractivity contribution is 7.89. The zero-order valence-corrected chi connectivity index (χ0v) is 16.0. The minimum Gasteiger partial charge on any atom is -0.207 e. The summed E-state index contributed by atoms with van der Waals surface area (Å²) in [6, 6.07) is 16.3. The van der Waals surface area contributed by atoms with Gasteiger partial charge in [-0.2, -0.15) is 4.31 Å². The molecule has 3 nitrogen and oxygen atoms in total. The first kappa shape index (κ1) is 17.8. The first-order chi connectivity index (χ1) is 12.5. The lowest BCUT2D eigenvalue weighted by atomic mass is 9.93. The SMILES string of the molecule is O=S(=O)(c1ccc(Cl)cc1)N(Cc1ccccc1)C[C@@H]1C[C@@H]2C=C[C@H]1C2. The topological polar surface area (TPSA) is 37.4 Å². The van der Waals surface area contributed by atoms with Crippen LogP contribution in [0.5, 0.6) is 0 Å². The summed E-state index contributed by atoms with van der Waals surface area (Å²) in [5, 5.41) is 0.539. The second kappa shape index (κ2) is 7.18. The summed E-state index contributed by atoms with van der Waals surface area (Å²) in [6.07, 6.45) is 6.82. The van der Waals surface area contributed by atoms with Crippen LogP contribution in [-0.4, -0.2) is 19.3 Å². The van der Waals surface area contributed by atoms with Gasteiger partial charge in [-0.3, -0.25) is 0 Å². The monoisotopic (exact) mass is 387 g/mol. The van der Waals surface area contributed by atoms with E-state index in [9.17, 15) is 8.42 Å². The quantitative estimate of drug-likeness (QED) is 0.671. The molecule has 2 aromatic rings. The minimum absolute atomic E-state index is 0.302. The maximum Gasteiger partial charge on any atom is 0.243 e. The fourth-order valence-corrected chi connectivity index (χ4v) is 5.77. The Hall–Kier alpha value is -1.62. The van der Waals surface area contributed by atoms with E-state index in [4.69, 9.17) is 11.6 Å². The first-order valence-corrected chi connectivity index (χ1v) is 10.8. The summed E-state index contributed by atoms with van der Waals surface area (Å²) in [5.41, 5.74) is 1.00. The molecule has 136 valence electrons. The molecule has 2 aliphatic carbocycles. The van der Waals surface area contributed by atoms with Crippen molar-refractivity contribution in [3.8, 4) is 0 Å². The maximum atomic E-state index is 13.3. The number of hydrogen-bond donors (Lipinski definition) is 0. The van der Waals surface area contributed by atoms with Crippen LogP contribution in [-0.2, 0) is 16.6 Å². The molecule has 0 aliphatic heterocycles. The normalized spacial score (nSPS) is 24.5. The van der Waals surface area contributed by atoms with E-state index < -0.39 is 10.0 Å². The Kier molecular flexibility index (Phi) is 4.91. The summed E-state index contributed by atoms with van der Waals surface area (Å²) in [4.78, 5) is 0.302. The minimum atomic E-state index is -3.57. The van der Waals surface area contributed by atoms with Crippen molar-refractivity contribution in [2.24, 2.45) is 17.8 Å². The van der Waals surface area contributed by atoms with Gasteiger partial charge in [0.25, 0.3) is 0 Å². The third kappa shape index (κ3) is 3.59. The van der Waals surface area contributed by atoms with Crippen LogP contribution in [0.3, 0.4) is 0 Å². The van der Waals surface area contributed by atoms with Gasteiger partial charge in [-0.1, -0.05) is 54.1 Å². The summed E-state index contributed by atoms with van der Waals surface area (Å²) in [6.45, 7) is 0.953. The molecule has 5 heteroatoms. The molecule has 0 amide bonds. The second-order valence-corrected chi connectivity index (χ2v) is 9.65. The van der Waals surface area contributed by atoms with Gasteiger partial charge in [0.2, 0.25) is 10.0 Å². The second-order valence-electron chi connectivity index (χ2n) is 7.28. The Labute approximate surface area is 160 Å². The predicted octanol–water partition coefficient (Wildman–Crippen LogP) is 4.74. The average molecular weight is 388 g/mol. The van der Waals surface area contributed by atoms with Crippen molar-refractivity contribution in [2.75, 3.05) is 6.54 Å². The van der Waals surface area contributed by atoms with Crippen LogP contribution in [0.15, 0.2) is 71.6 Å². The van der Waals surface area contributed by atoms with Crippen LogP contribution in [0.1, 0.15) is 18.4 Å². The Balaban J connectivity index is 1.63. The van der Waals surface area contributed by atoms with Crippen molar-refractivity contribution in [3.63, 3.8) is 0 Å². The van der Waals surface area contributed by atoms with Crippen LogP contribution in [0, 0.1) is 17.8 Å². The van der Waals surface area contributed by atoms with Gasteiger partial charge in [0.15, 0.2) is 0 Å². The van der Waals surface area contributed by atoms with E-state index in [1.54, 1.807) is 28.6 Å². The van der Waals surface area contributed by atoms with Crippen LogP contribution < -0.4 is 0 Å². The zero-order chi connectivity index (χ0) is 18.1. The molecule has 0 heterocycles. The molecular formula is C21H22ClNO2S. The Morgan fingerprint density at radius 2 is 1.69 bits per heavy atom. The van der Waals surface area contributed by atoms with Gasteiger partial charge in [-0.05, 0) is 60.4 Å². The van der Waals surface area contributed by atoms with E-state index in [0.29, 0.717) is 40.8 Å². The van der Waals surface area contributed by atoms with Gasteiger partial charge in [-0.25, -0.2) is 8.42 Å². The van der Waals surface area contributed by atoms with E-state index in [2.05, 4.69) is 12.2 Å². The van der Waals surface area contributed by atoms with Gasteiger partial charge in [0, 0.05) is 18.1 Å². The summed E-state index contributed by atoms with van der Waals surface area (Å²) >= 11 is 5.94. The fraction of sp³-hybridized carbons (Fsp3) is 0.333. The largest absolute Gasteiger partial charge is 0.243 e. The van der Waals surface area contributed by atoms with E-state index in [-0.39, 0.29) is 0 Å². The molecule has 0 N–H and O–H groups in total. The Morgan fingerprint density at radius 1 is 0.962 bits per heavy atom. The lowest BCUT2D eigenvalue weighted by Crippen LogP contribution is -2.36. The summed E-state index contributed by atoms with van der Waals surface area (Å²) in [7, 11) is -3.57. The zero-order valence-electron chi connectivity index (χ0n) is 14.5. The number of rotatable bonds is 6. The fourth-order valence-electron chi connectivity index (χ4n) is 4.16. The third-order valence-corrected chi connectivity index (χ3v) is 7.59. The van der Waals surface area contributed by atoms with Crippen molar-refractivity contribution in [1.29, 1.82) is 0 Å². The molecule has 0 aromatic heterocycles. The van der Waals surface area contributed by atoms with Crippen molar-refractivity contribution in [1.82, 2.24) is 4.31 Å². The highest BCUT2D eigenvalue weighted by Gasteiger charge is 2.38. The molecule has 2 bridgehead atoms. The van der Waals surface area contributed by atoms with Gasteiger partial charge in [0.05, 0.1) is 4.90 Å². The molecule has 2 aromatic carbocycles. The Bertz CT molecular complexity index is 893. The number of halogens is 1. The molecule has 3 atom stereocenters. The van der Waals surface area contributed by atoms with E-state index >= 15 is 0 Å². The lowest BCUT2D eigenvalue weighted by molar-refractivity contribution is 0.307. The van der Waals surface area contributed by atoms with Crippen molar-refractivity contribution in [3.05, 3.63) is 77.3 Å². The van der Waals surface area contributed by atoms with Crippen LogP contribution in [0.2, 0.25) is 5.02 Å². The lowest BCUT2D eigenvalue weighted by Gasteiger charge is -2.28. The van der Waals surface area contributed by atoms with Gasteiger partial charge >= 0.3 is 0 Å². The molecule has 1 fully saturated rings. The molecule has 0 saturated heterocycles. The summed E-state index contributed by atoms with van der Waals surface area (Å²) < 4.78 is 28.3. The molecule has 26 heavy (non-hydrogen) atoms. The van der Waals surface area contributed by atoms with Crippen molar-refractivity contribution < 1.29 is 8.42 Å². The number of allylic oxidation sites excluding steroid dienone is 2. The highest BCUT2D eigenvalue weighted by atomic mass is 35.5. The van der Waals surface area contributed by atoms with Crippen LogP contribution in [0.4, 0.5) is 0 Å². The maximum absolute atomic E-state index is 13.3. The van der Waals surface area contributed by atoms with E-state index in [1.807, 2.05) is 30.3 Å². The molecule has 0 unspecified atom stereocenters.